The molecule has 0 atom stereocenters. The average molecular weight is 351 g/mol. The Morgan fingerprint density at radius 2 is 1.15 bits per heavy atom. The summed E-state index contributed by atoms with van der Waals surface area (Å²) in [5, 5.41) is 11.7. The third-order valence-corrected chi connectivity index (χ3v) is 4.04. The van der Waals surface area contributed by atoms with E-state index in [1.54, 1.807) is 12.1 Å². The van der Waals surface area contributed by atoms with Crippen LogP contribution in [0.5, 0.6) is 5.75 Å². The number of hydrogen-bond acceptors (Lipinski definition) is 1. The highest BCUT2D eigenvalue weighted by atomic mass is 16.3. The number of phenols is 1. The van der Waals surface area contributed by atoms with E-state index < -0.39 is 0 Å². The lowest BCUT2D eigenvalue weighted by atomic mass is 10.00. The number of benzene rings is 3. The van der Waals surface area contributed by atoms with Crippen molar-refractivity contribution < 1.29 is 5.11 Å². The van der Waals surface area contributed by atoms with Crippen LogP contribution in [0.1, 0.15) is 46.2 Å². The molecule has 0 aliphatic heterocycles. The molecule has 0 saturated heterocycles. The van der Waals surface area contributed by atoms with Gasteiger partial charge in [-0.05, 0) is 58.7 Å². The molecular weight excluding hydrogens is 316 g/mol. The van der Waals surface area contributed by atoms with Crippen LogP contribution < -0.4 is 0 Å². The molecule has 0 aliphatic rings. The average Bonchev–Trinajstić information content (AvgIpc) is 2.56. The lowest BCUT2D eigenvalue weighted by molar-refractivity contribution is 0.475. The smallest absolute Gasteiger partial charge is 0.115 e. The van der Waals surface area contributed by atoms with E-state index in [1.165, 1.54) is 28.3 Å². The predicted molar refractivity (Wildman–Crippen MR) is 116 cm³/mol. The van der Waals surface area contributed by atoms with E-state index in [0.29, 0.717) is 11.7 Å². The lowest BCUT2D eigenvalue weighted by Crippen LogP contribution is -1.93. The molecule has 0 amide bonds. The Hall–Kier alpha value is -2.28. The molecule has 0 bridgehead atoms. The summed E-state index contributed by atoms with van der Waals surface area (Å²) in [5.41, 5.74) is 2.73. The van der Waals surface area contributed by atoms with Gasteiger partial charge >= 0.3 is 0 Å². The molecule has 3 rings (SSSR count). The highest BCUT2D eigenvalue weighted by Gasteiger charge is 1.99. The van der Waals surface area contributed by atoms with Crippen molar-refractivity contribution in [2.75, 3.05) is 0 Å². The SMILES string of the molecule is C.CC(C)Cc1ccc(O)cc1.CC(C)Cc1ccc2ccccc2c1. The maximum Gasteiger partial charge on any atom is 0.115 e. The minimum absolute atomic E-state index is 0. The first-order valence-corrected chi connectivity index (χ1v) is 9.19. The van der Waals surface area contributed by atoms with Crippen LogP contribution in [0.4, 0.5) is 0 Å². The Labute approximate surface area is 159 Å². The first-order valence-electron chi connectivity index (χ1n) is 9.19. The topological polar surface area (TPSA) is 20.2 Å². The van der Waals surface area contributed by atoms with Crippen molar-refractivity contribution in [1.82, 2.24) is 0 Å². The van der Waals surface area contributed by atoms with Gasteiger partial charge in [-0.3, -0.25) is 0 Å². The minimum atomic E-state index is 0. The zero-order valence-corrected chi connectivity index (χ0v) is 15.9. The van der Waals surface area contributed by atoms with Gasteiger partial charge in [0.1, 0.15) is 5.75 Å². The van der Waals surface area contributed by atoms with Crippen LogP contribution in [-0.2, 0) is 12.8 Å². The van der Waals surface area contributed by atoms with Crippen molar-refractivity contribution in [1.29, 1.82) is 0 Å². The van der Waals surface area contributed by atoms with Crippen LogP contribution in [0, 0.1) is 11.8 Å². The normalized spacial score (nSPS) is 10.4. The third kappa shape index (κ3) is 7.31. The molecule has 0 aliphatic carbocycles. The summed E-state index contributed by atoms with van der Waals surface area (Å²) < 4.78 is 0. The van der Waals surface area contributed by atoms with Crippen LogP contribution in [0.15, 0.2) is 66.7 Å². The standard InChI is InChI=1S/C14H16.C10H14O.CH4/c1-11(2)9-12-7-8-13-5-3-4-6-14(13)10-12;1-8(2)7-9-3-5-10(11)6-4-9;/h3-8,10-11H,9H2,1-2H3;3-6,8,11H,7H2,1-2H3;1H4. The fourth-order valence-electron chi connectivity index (χ4n) is 2.94. The van der Waals surface area contributed by atoms with Gasteiger partial charge in [-0.1, -0.05) is 89.7 Å². The van der Waals surface area contributed by atoms with Crippen LogP contribution in [-0.4, -0.2) is 5.11 Å². The van der Waals surface area contributed by atoms with E-state index in [2.05, 4.69) is 70.2 Å². The second-order valence-electron chi connectivity index (χ2n) is 7.54. The molecule has 26 heavy (non-hydrogen) atoms. The molecular formula is C25H34O. The van der Waals surface area contributed by atoms with Crippen LogP contribution in [0.3, 0.4) is 0 Å². The van der Waals surface area contributed by atoms with Gasteiger partial charge in [0.05, 0.1) is 0 Å². The largest absolute Gasteiger partial charge is 0.508 e. The third-order valence-electron chi connectivity index (χ3n) is 4.04. The molecule has 0 saturated carbocycles. The van der Waals surface area contributed by atoms with Crippen molar-refractivity contribution in [3.8, 4) is 5.75 Å². The fourth-order valence-corrected chi connectivity index (χ4v) is 2.94. The molecule has 0 heterocycles. The second kappa shape index (κ2) is 10.7. The van der Waals surface area contributed by atoms with Gasteiger partial charge in [0.15, 0.2) is 0 Å². The minimum Gasteiger partial charge on any atom is -0.508 e. The van der Waals surface area contributed by atoms with E-state index in [-0.39, 0.29) is 7.43 Å². The summed E-state index contributed by atoms with van der Waals surface area (Å²) >= 11 is 0. The zero-order valence-electron chi connectivity index (χ0n) is 15.9. The Kier molecular flexibility index (Phi) is 8.92. The maximum atomic E-state index is 8.99. The lowest BCUT2D eigenvalue weighted by Gasteiger charge is -2.06. The Morgan fingerprint density at radius 3 is 1.73 bits per heavy atom. The summed E-state index contributed by atoms with van der Waals surface area (Å²) in [4.78, 5) is 0. The summed E-state index contributed by atoms with van der Waals surface area (Å²) in [6.45, 7) is 8.89. The molecule has 1 N–H and O–H groups in total. The molecule has 3 aromatic rings. The first-order chi connectivity index (χ1) is 11.9. The van der Waals surface area contributed by atoms with Gasteiger partial charge in [0.2, 0.25) is 0 Å². The molecule has 0 spiro atoms. The van der Waals surface area contributed by atoms with Crippen LogP contribution in [0.2, 0.25) is 0 Å². The van der Waals surface area contributed by atoms with Gasteiger partial charge in [-0.25, -0.2) is 0 Å². The van der Waals surface area contributed by atoms with Crippen LogP contribution in [0.25, 0.3) is 10.8 Å². The molecule has 1 heteroatoms. The first kappa shape index (κ1) is 21.8. The zero-order chi connectivity index (χ0) is 18.2. The van der Waals surface area contributed by atoms with Crippen molar-refractivity contribution in [2.24, 2.45) is 11.8 Å². The Bertz CT molecular complexity index is 770. The van der Waals surface area contributed by atoms with Crippen molar-refractivity contribution in [3.63, 3.8) is 0 Å². The molecule has 0 aromatic heterocycles. The van der Waals surface area contributed by atoms with E-state index in [1.807, 2.05) is 12.1 Å². The number of fused-ring (bicyclic) bond motifs is 1. The number of rotatable bonds is 4. The summed E-state index contributed by atoms with van der Waals surface area (Å²) in [5.74, 6) is 1.76. The molecule has 0 radical (unpaired) electrons. The van der Waals surface area contributed by atoms with E-state index in [4.69, 9.17) is 5.11 Å². The molecule has 0 fully saturated rings. The van der Waals surface area contributed by atoms with E-state index in [9.17, 15) is 0 Å². The highest BCUT2D eigenvalue weighted by molar-refractivity contribution is 5.82. The number of aromatic hydroxyl groups is 1. The predicted octanol–water partition coefficient (Wildman–Crippen LogP) is 7.27. The number of phenolic OH excluding ortho intramolecular Hbond substituents is 1. The van der Waals surface area contributed by atoms with Gasteiger partial charge in [-0.2, -0.15) is 0 Å². The summed E-state index contributed by atoms with van der Waals surface area (Å²) in [7, 11) is 0. The highest BCUT2D eigenvalue weighted by Crippen LogP contribution is 2.17. The molecule has 1 nitrogen and oxygen atoms in total. The van der Waals surface area contributed by atoms with Crippen molar-refractivity contribution >= 4 is 10.8 Å². The van der Waals surface area contributed by atoms with Crippen LogP contribution >= 0.6 is 0 Å². The Morgan fingerprint density at radius 1 is 0.654 bits per heavy atom. The monoisotopic (exact) mass is 350 g/mol. The quantitative estimate of drug-likeness (QED) is 0.524. The van der Waals surface area contributed by atoms with Gasteiger partial charge in [0, 0.05) is 0 Å². The summed E-state index contributed by atoms with van der Waals surface area (Å²) in [6.07, 6.45) is 2.26. The van der Waals surface area contributed by atoms with E-state index >= 15 is 0 Å². The fraction of sp³-hybridized carbons (Fsp3) is 0.360. The molecule has 3 aromatic carbocycles. The Balaban J connectivity index is 0.000000258. The van der Waals surface area contributed by atoms with Gasteiger partial charge < -0.3 is 5.11 Å². The molecule has 140 valence electrons. The summed E-state index contributed by atoms with van der Waals surface area (Å²) in [6, 6.07) is 22.7. The van der Waals surface area contributed by atoms with Crippen molar-refractivity contribution in [2.45, 2.75) is 48.0 Å². The van der Waals surface area contributed by atoms with Gasteiger partial charge in [0.25, 0.3) is 0 Å². The number of hydrogen-bond donors (Lipinski definition) is 1. The molecule has 0 unspecified atom stereocenters. The van der Waals surface area contributed by atoms with E-state index in [0.717, 1.165) is 12.3 Å². The second-order valence-corrected chi connectivity index (χ2v) is 7.54. The van der Waals surface area contributed by atoms with Gasteiger partial charge in [-0.15, -0.1) is 0 Å². The maximum absolute atomic E-state index is 8.99. The van der Waals surface area contributed by atoms with Crippen molar-refractivity contribution in [3.05, 3.63) is 77.9 Å².